The maximum atomic E-state index is 12.0. The van der Waals surface area contributed by atoms with Crippen LogP contribution < -0.4 is 0 Å². The number of aryl methyl sites for hydroxylation is 1. The van der Waals surface area contributed by atoms with E-state index in [1.807, 2.05) is 30.3 Å². The van der Waals surface area contributed by atoms with Crippen LogP contribution in [0.3, 0.4) is 0 Å². The number of aliphatic hydroxyl groups is 1. The second kappa shape index (κ2) is 5.84. The van der Waals surface area contributed by atoms with Gasteiger partial charge in [-0.25, -0.2) is 4.79 Å². The highest BCUT2D eigenvalue weighted by atomic mass is 16.4. The van der Waals surface area contributed by atoms with Gasteiger partial charge < -0.3 is 15.1 Å². The highest BCUT2D eigenvalue weighted by Gasteiger charge is 2.38. The van der Waals surface area contributed by atoms with E-state index in [1.54, 1.807) is 0 Å². The molecule has 1 aromatic carbocycles. The van der Waals surface area contributed by atoms with E-state index in [9.17, 15) is 14.7 Å². The number of carbonyl (C=O) groups is 2. The summed E-state index contributed by atoms with van der Waals surface area (Å²) < 4.78 is 0. The highest BCUT2D eigenvalue weighted by Crippen LogP contribution is 2.19. The fourth-order valence-corrected chi connectivity index (χ4v) is 2.36. The molecule has 1 saturated heterocycles. The van der Waals surface area contributed by atoms with Gasteiger partial charge in [0.1, 0.15) is 6.04 Å². The number of hydrogen-bond acceptors (Lipinski definition) is 3. The zero-order valence-electron chi connectivity index (χ0n) is 10.5. The first-order valence-corrected chi connectivity index (χ1v) is 6.32. The van der Waals surface area contributed by atoms with Crippen molar-refractivity contribution in [3.8, 4) is 0 Å². The van der Waals surface area contributed by atoms with Gasteiger partial charge in [0.25, 0.3) is 0 Å². The maximum absolute atomic E-state index is 12.0. The van der Waals surface area contributed by atoms with Crippen LogP contribution in [0.4, 0.5) is 0 Å². The number of benzene rings is 1. The van der Waals surface area contributed by atoms with Crippen LogP contribution in [0.1, 0.15) is 18.4 Å². The minimum atomic E-state index is -1.05. The summed E-state index contributed by atoms with van der Waals surface area (Å²) in [7, 11) is 0. The summed E-state index contributed by atoms with van der Waals surface area (Å²) in [5.41, 5.74) is 1.04. The van der Waals surface area contributed by atoms with Crippen molar-refractivity contribution < 1.29 is 19.8 Å². The van der Waals surface area contributed by atoms with Crippen molar-refractivity contribution in [3.63, 3.8) is 0 Å². The third-order valence-corrected chi connectivity index (χ3v) is 3.35. The molecular formula is C14H17NO4. The summed E-state index contributed by atoms with van der Waals surface area (Å²) in [4.78, 5) is 24.3. The normalized spacial score (nSPS) is 22.5. The Balaban J connectivity index is 1.94. The van der Waals surface area contributed by atoms with Gasteiger partial charge in [-0.2, -0.15) is 0 Å². The van der Waals surface area contributed by atoms with Crippen molar-refractivity contribution in [2.45, 2.75) is 31.4 Å². The number of hydrogen-bond donors (Lipinski definition) is 2. The monoisotopic (exact) mass is 263 g/mol. The summed E-state index contributed by atoms with van der Waals surface area (Å²) in [6.07, 6.45) is 0.229. The number of amides is 1. The molecule has 0 unspecified atom stereocenters. The molecule has 102 valence electrons. The topological polar surface area (TPSA) is 77.8 Å². The Morgan fingerprint density at radius 2 is 1.95 bits per heavy atom. The van der Waals surface area contributed by atoms with Crippen LogP contribution in [0, 0.1) is 0 Å². The van der Waals surface area contributed by atoms with Crippen LogP contribution in [0.2, 0.25) is 0 Å². The minimum absolute atomic E-state index is 0.116. The molecule has 1 amide bonds. The second-order valence-corrected chi connectivity index (χ2v) is 4.78. The van der Waals surface area contributed by atoms with Crippen molar-refractivity contribution in [2.24, 2.45) is 0 Å². The molecule has 2 rings (SSSR count). The SMILES string of the molecule is O=C(O)[C@@H]1C[C@@H](O)CN1C(=O)CCc1ccccc1. The third-order valence-electron chi connectivity index (χ3n) is 3.35. The van der Waals surface area contributed by atoms with Crippen molar-refractivity contribution >= 4 is 11.9 Å². The standard InChI is InChI=1S/C14H17NO4/c16-11-8-12(14(18)19)15(9-11)13(17)7-6-10-4-2-1-3-5-10/h1-5,11-12,16H,6-9H2,(H,18,19)/t11-,12+/m1/s1. The van der Waals surface area contributed by atoms with E-state index in [0.29, 0.717) is 6.42 Å². The zero-order valence-corrected chi connectivity index (χ0v) is 10.5. The lowest BCUT2D eigenvalue weighted by Crippen LogP contribution is -2.40. The molecule has 19 heavy (non-hydrogen) atoms. The Bertz CT molecular complexity index is 460. The molecule has 0 bridgehead atoms. The third kappa shape index (κ3) is 3.32. The average molecular weight is 263 g/mol. The van der Waals surface area contributed by atoms with E-state index in [4.69, 9.17) is 5.11 Å². The highest BCUT2D eigenvalue weighted by molar-refractivity contribution is 5.84. The molecule has 1 aliphatic heterocycles. The van der Waals surface area contributed by atoms with E-state index in [0.717, 1.165) is 5.56 Å². The molecule has 1 fully saturated rings. The number of nitrogens with zero attached hydrogens (tertiary/aromatic N) is 1. The quantitative estimate of drug-likeness (QED) is 0.836. The van der Waals surface area contributed by atoms with Crippen molar-refractivity contribution in [1.82, 2.24) is 4.90 Å². The number of carboxylic acid groups (broad SMARTS) is 1. The molecule has 0 saturated carbocycles. The number of β-amino-alcohol motifs (C(OH)–C–C–N with tert-alkyl or cyclic N) is 1. The Morgan fingerprint density at radius 3 is 2.58 bits per heavy atom. The van der Waals surface area contributed by atoms with E-state index in [2.05, 4.69) is 0 Å². The largest absolute Gasteiger partial charge is 0.480 e. The molecule has 0 radical (unpaired) electrons. The molecule has 2 N–H and O–H groups in total. The molecular weight excluding hydrogens is 246 g/mol. The number of carboxylic acids is 1. The summed E-state index contributed by atoms with van der Waals surface area (Å²) in [6, 6.07) is 8.68. The van der Waals surface area contributed by atoms with Gasteiger partial charge in [0.15, 0.2) is 0 Å². The zero-order chi connectivity index (χ0) is 13.8. The van der Waals surface area contributed by atoms with E-state index in [1.165, 1.54) is 4.90 Å². The molecule has 1 heterocycles. The Hall–Kier alpha value is -1.88. The van der Waals surface area contributed by atoms with Crippen LogP contribution >= 0.6 is 0 Å². The average Bonchev–Trinajstić information content (AvgIpc) is 2.79. The number of aliphatic hydroxyl groups excluding tert-OH is 1. The van der Waals surface area contributed by atoms with Gasteiger partial charge in [-0.1, -0.05) is 30.3 Å². The lowest BCUT2D eigenvalue weighted by molar-refractivity contribution is -0.148. The molecule has 5 heteroatoms. The second-order valence-electron chi connectivity index (χ2n) is 4.78. The van der Waals surface area contributed by atoms with Crippen molar-refractivity contribution in [2.75, 3.05) is 6.54 Å². The predicted molar refractivity (Wildman–Crippen MR) is 68.5 cm³/mol. The van der Waals surface area contributed by atoms with Gasteiger partial charge in [-0.15, -0.1) is 0 Å². The number of likely N-dealkylation sites (tertiary alicyclic amines) is 1. The Morgan fingerprint density at radius 1 is 1.26 bits per heavy atom. The molecule has 0 spiro atoms. The molecule has 2 atom stereocenters. The van der Waals surface area contributed by atoms with E-state index in [-0.39, 0.29) is 25.3 Å². The van der Waals surface area contributed by atoms with Gasteiger partial charge in [0, 0.05) is 19.4 Å². The molecule has 0 aliphatic carbocycles. The smallest absolute Gasteiger partial charge is 0.326 e. The van der Waals surface area contributed by atoms with Crippen LogP contribution in [-0.2, 0) is 16.0 Å². The van der Waals surface area contributed by atoms with Crippen LogP contribution in [0.15, 0.2) is 30.3 Å². The van der Waals surface area contributed by atoms with Crippen molar-refractivity contribution in [3.05, 3.63) is 35.9 Å². The fourth-order valence-electron chi connectivity index (χ4n) is 2.36. The first-order chi connectivity index (χ1) is 9.08. The first-order valence-electron chi connectivity index (χ1n) is 6.32. The van der Waals surface area contributed by atoms with Crippen LogP contribution in [0.25, 0.3) is 0 Å². The van der Waals surface area contributed by atoms with Gasteiger partial charge in [-0.05, 0) is 12.0 Å². The Kier molecular flexibility index (Phi) is 4.16. The summed E-state index contributed by atoms with van der Waals surface area (Å²) in [5, 5.41) is 18.5. The first kappa shape index (κ1) is 13.5. The van der Waals surface area contributed by atoms with Crippen molar-refractivity contribution in [1.29, 1.82) is 0 Å². The lowest BCUT2D eigenvalue weighted by Gasteiger charge is -2.21. The van der Waals surface area contributed by atoms with Crippen LogP contribution in [0.5, 0.6) is 0 Å². The van der Waals surface area contributed by atoms with Gasteiger partial charge in [0.2, 0.25) is 5.91 Å². The van der Waals surface area contributed by atoms with Gasteiger partial charge in [0.05, 0.1) is 6.10 Å². The summed E-state index contributed by atoms with van der Waals surface area (Å²) in [5.74, 6) is -1.27. The molecule has 0 aromatic heterocycles. The summed E-state index contributed by atoms with van der Waals surface area (Å²) in [6.45, 7) is 0.116. The Labute approximate surface area is 111 Å². The molecule has 1 aliphatic rings. The molecule has 5 nitrogen and oxygen atoms in total. The number of rotatable bonds is 4. The number of carbonyl (C=O) groups excluding carboxylic acids is 1. The minimum Gasteiger partial charge on any atom is -0.480 e. The molecule has 1 aromatic rings. The number of aliphatic carboxylic acids is 1. The summed E-state index contributed by atoms with van der Waals surface area (Å²) >= 11 is 0. The van der Waals surface area contributed by atoms with E-state index >= 15 is 0 Å². The predicted octanol–water partition coefficient (Wildman–Crippen LogP) is 0.666. The van der Waals surface area contributed by atoms with Crippen LogP contribution in [-0.4, -0.2) is 45.7 Å². The van der Waals surface area contributed by atoms with Gasteiger partial charge >= 0.3 is 5.97 Å². The van der Waals surface area contributed by atoms with E-state index < -0.39 is 18.1 Å². The van der Waals surface area contributed by atoms with Gasteiger partial charge in [-0.3, -0.25) is 4.79 Å². The fraction of sp³-hybridized carbons (Fsp3) is 0.429. The lowest BCUT2D eigenvalue weighted by atomic mass is 10.1. The maximum Gasteiger partial charge on any atom is 0.326 e.